The molecule has 1 aliphatic heterocycles. The van der Waals surface area contributed by atoms with Crippen molar-refractivity contribution >= 4 is 17.7 Å². The van der Waals surface area contributed by atoms with Crippen LogP contribution in [0.1, 0.15) is 50.4 Å². The summed E-state index contributed by atoms with van der Waals surface area (Å²) in [4.78, 5) is 39.1. The Balaban J connectivity index is 2.07. The number of carbonyl (C=O) groups excluding carboxylic acids is 3. The molecule has 1 atom stereocenters. The second kappa shape index (κ2) is 10.1. The normalized spacial score (nSPS) is 16.1. The summed E-state index contributed by atoms with van der Waals surface area (Å²) in [7, 11) is 0. The predicted octanol–water partition coefficient (Wildman–Crippen LogP) is 2.21. The lowest BCUT2D eigenvalue weighted by molar-refractivity contribution is -0.132. The summed E-state index contributed by atoms with van der Waals surface area (Å²) in [5.74, 6) is 0.109. The molecule has 0 spiro atoms. The number of amides is 3. The molecule has 1 heterocycles. The monoisotopic (exact) mass is 373 g/mol. The largest absolute Gasteiger partial charge is 0.354 e. The van der Waals surface area contributed by atoms with Gasteiger partial charge in [0.05, 0.1) is 0 Å². The first-order valence-corrected chi connectivity index (χ1v) is 9.83. The summed E-state index contributed by atoms with van der Waals surface area (Å²) in [6.07, 6.45) is 1.91. The molecule has 27 heavy (non-hydrogen) atoms. The van der Waals surface area contributed by atoms with Crippen molar-refractivity contribution in [2.24, 2.45) is 11.8 Å². The molecule has 0 bridgehead atoms. The average Bonchev–Trinajstić information content (AvgIpc) is 2.70. The van der Waals surface area contributed by atoms with E-state index in [1.54, 1.807) is 24.3 Å². The number of nitrogens with zero attached hydrogens (tertiary/aromatic N) is 1. The fourth-order valence-corrected chi connectivity index (χ4v) is 3.33. The molecule has 1 saturated heterocycles. The first kappa shape index (κ1) is 20.9. The zero-order chi connectivity index (χ0) is 19.8. The Hall–Kier alpha value is -2.37. The van der Waals surface area contributed by atoms with E-state index in [1.165, 1.54) is 0 Å². The molecule has 2 N–H and O–H groups in total. The van der Waals surface area contributed by atoms with Crippen LogP contribution in [-0.4, -0.2) is 48.3 Å². The Morgan fingerprint density at radius 3 is 2.30 bits per heavy atom. The lowest BCUT2D eigenvalue weighted by atomic mass is 9.88. The van der Waals surface area contributed by atoms with E-state index < -0.39 is 6.04 Å². The minimum Gasteiger partial charge on any atom is -0.354 e. The second-order valence-corrected chi connectivity index (χ2v) is 7.53. The lowest BCUT2D eigenvalue weighted by Crippen LogP contribution is -2.54. The highest BCUT2D eigenvalue weighted by Gasteiger charge is 2.33. The Kier molecular flexibility index (Phi) is 7.82. The van der Waals surface area contributed by atoms with Gasteiger partial charge in [0.2, 0.25) is 11.8 Å². The van der Waals surface area contributed by atoms with E-state index in [1.807, 2.05) is 31.7 Å². The molecule has 2 rings (SSSR count). The van der Waals surface area contributed by atoms with Gasteiger partial charge in [0.1, 0.15) is 6.04 Å². The molecule has 1 aromatic rings. The van der Waals surface area contributed by atoms with Crippen molar-refractivity contribution in [1.82, 2.24) is 15.5 Å². The van der Waals surface area contributed by atoms with Gasteiger partial charge < -0.3 is 15.5 Å². The van der Waals surface area contributed by atoms with Crippen LogP contribution >= 0.6 is 0 Å². The van der Waals surface area contributed by atoms with E-state index in [4.69, 9.17) is 0 Å². The predicted molar refractivity (Wildman–Crippen MR) is 105 cm³/mol. The van der Waals surface area contributed by atoms with Gasteiger partial charge in [0.25, 0.3) is 5.91 Å². The van der Waals surface area contributed by atoms with Crippen molar-refractivity contribution in [2.45, 2.75) is 46.1 Å². The standard InChI is InChI=1S/C21H31N3O3/c1-4-18(25)24-12-10-16(11-13-24)19(21(27)22-14-15(2)3)23-20(26)17-8-6-5-7-9-17/h5-9,15-16,19H,4,10-14H2,1-3H3,(H,22,27)(H,23,26)/t19-/m1/s1. The van der Waals surface area contributed by atoms with Crippen molar-refractivity contribution in [3.05, 3.63) is 35.9 Å². The highest BCUT2D eigenvalue weighted by Crippen LogP contribution is 2.22. The number of nitrogens with one attached hydrogen (secondary N) is 2. The Morgan fingerprint density at radius 2 is 1.74 bits per heavy atom. The summed E-state index contributed by atoms with van der Waals surface area (Å²) in [6, 6.07) is 8.34. The van der Waals surface area contributed by atoms with Gasteiger partial charge in [0, 0.05) is 31.6 Å². The van der Waals surface area contributed by atoms with E-state index in [0.29, 0.717) is 50.4 Å². The van der Waals surface area contributed by atoms with Gasteiger partial charge in [-0.25, -0.2) is 0 Å². The van der Waals surface area contributed by atoms with E-state index >= 15 is 0 Å². The zero-order valence-corrected chi connectivity index (χ0v) is 16.5. The minimum absolute atomic E-state index is 0.0192. The maximum atomic E-state index is 12.8. The number of piperidine rings is 1. The number of hydrogen-bond donors (Lipinski definition) is 2. The van der Waals surface area contributed by atoms with Crippen molar-refractivity contribution < 1.29 is 14.4 Å². The summed E-state index contributed by atoms with van der Waals surface area (Å²) < 4.78 is 0. The number of likely N-dealkylation sites (tertiary alicyclic amines) is 1. The molecule has 6 nitrogen and oxygen atoms in total. The highest BCUT2D eigenvalue weighted by molar-refractivity contribution is 5.97. The molecule has 1 aliphatic rings. The quantitative estimate of drug-likeness (QED) is 0.769. The van der Waals surface area contributed by atoms with Crippen LogP contribution in [0.5, 0.6) is 0 Å². The van der Waals surface area contributed by atoms with E-state index in [2.05, 4.69) is 10.6 Å². The maximum absolute atomic E-state index is 12.8. The number of carbonyl (C=O) groups is 3. The highest BCUT2D eigenvalue weighted by atomic mass is 16.2. The topological polar surface area (TPSA) is 78.5 Å². The van der Waals surface area contributed by atoms with Crippen LogP contribution in [0.3, 0.4) is 0 Å². The number of benzene rings is 1. The minimum atomic E-state index is -0.588. The van der Waals surface area contributed by atoms with Crippen molar-refractivity contribution in [2.75, 3.05) is 19.6 Å². The number of rotatable bonds is 7. The third-order valence-electron chi connectivity index (χ3n) is 4.96. The van der Waals surface area contributed by atoms with Gasteiger partial charge >= 0.3 is 0 Å². The molecule has 3 amide bonds. The van der Waals surface area contributed by atoms with Crippen LogP contribution in [0, 0.1) is 11.8 Å². The van der Waals surface area contributed by atoms with Crippen LogP contribution in [0.15, 0.2) is 30.3 Å². The van der Waals surface area contributed by atoms with E-state index in [9.17, 15) is 14.4 Å². The third kappa shape index (κ3) is 6.08. The Morgan fingerprint density at radius 1 is 1.11 bits per heavy atom. The first-order valence-electron chi connectivity index (χ1n) is 9.83. The van der Waals surface area contributed by atoms with E-state index in [0.717, 1.165) is 0 Å². The molecule has 6 heteroatoms. The molecule has 0 aromatic heterocycles. The van der Waals surface area contributed by atoms with Crippen LogP contribution in [-0.2, 0) is 9.59 Å². The van der Waals surface area contributed by atoms with Gasteiger partial charge in [-0.2, -0.15) is 0 Å². The van der Waals surface area contributed by atoms with Crippen LogP contribution in [0.25, 0.3) is 0 Å². The summed E-state index contributed by atoms with van der Waals surface area (Å²) in [5, 5.41) is 5.88. The van der Waals surface area contributed by atoms with E-state index in [-0.39, 0.29) is 23.6 Å². The van der Waals surface area contributed by atoms with Gasteiger partial charge in [-0.3, -0.25) is 14.4 Å². The summed E-state index contributed by atoms with van der Waals surface area (Å²) in [5.41, 5.74) is 0.540. The molecule has 0 unspecified atom stereocenters. The third-order valence-corrected chi connectivity index (χ3v) is 4.96. The molecule has 0 radical (unpaired) electrons. The van der Waals surface area contributed by atoms with Crippen LogP contribution in [0.2, 0.25) is 0 Å². The van der Waals surface area contributed by atoms with Crippen molar-refractivity contribution in [3.8, 4) is 0 Å². The molecular formula is C21H31N3O3. The lowest BCUT2D eigenvalue weighted by Gasteiger charge is -2.35. The second-order valence-electron chi connectivity index (χ2n) is 7.53. The molecule has 0 saturated carbocycles. The SMILES string of the molecule is CCC(=O)N1CCC([C@@H](NC(=O)c2ccccc2)C(=O)NCC(C)C)CC1. The molecule has 0 aliphatic carbocycles. The van der Waals surface area contributed by atoms with Gasteiger partial charge in [-0.15, -0.1) is 0 Å². The van der Waals surface area contributed by atoms with Crippen LogP contribution < -0.4 is 10.6 Å². The summed E-state index contributed by atoms with van der Waals surface area (Å²) in [6.45, 7) is 7.76. The summed E-state index contributed by atoms with van der Waals surface area (Å²) >= 11 is 0. The van der Waals surface area contributed by atoms with Crippen molar-refractivity contribution in [3.63, 3.8) is 0 Å². The molecule has 148 valence electrons. The first-order chi connectivity index (χ1) is 12.9. The fraction of sp³-hybridized carbons (Fsp3) is 0.571. The Labute approximate surface area is 161 Å². The molecule has 1 fully saturated rings. The average molecular weight is 373 g/mol. The van der Waals surface area contributed by atoms with Crippen molar-refractivity contribution in [1.29, 1.82) is 0 Å². The zero-order valence-electron chi connectivity index (χ0n) is 16.5. The van der Waals surface area contributed by atoms with Crippen LogP contribution in [0.4, 0.5) is 0 Å². The molecule has 1 aromatic carbocycles. The number of hydrogen-bond acceptors (Lipinski definition) is 3. The Bertz CT molecular complexity index is 637. The molecular weight excluding hydrogens is 342 g/mol. The van der Waals surface area contributed by atoms with Gasteiger partial charge in [0.15, 0.2) is 0 Å². The van der Waals surface area contributed by atoms with Gasteiger partial charge in [-0.05, 0) is 36.8 Å². The fourth-order valence-electron chi connectivity index (χ4n) is 3.33. The maximum Gasteiger partial charge on any atom is 0.251 e. The smallest absolute Gasteiger partial charge is 0.251 e. The van der Waals surface area contributed by atoms with Gasteiger partial charge in [-0.1, -0.05) is 39.0 Å².